The van der Waals surface area contributed by atoms with Crippen LogP contribution in [0.5, 0.6) is 5.75 Å². The molecule has 322 valence electrons. The maximum absolute atomic E-state index is 6.04. The number of aryl methyl sites for hydroxylation is 1. The zero-order valence-electron chi connectivity index (χ0n) is 37.4. The minimum absolute atomic E-state index is 0. The van der Waals surface area contributed by atoms with Crippen molar-refractivity contribution >= 4 is 12.2 Å². The van der Waals surface area contributed by atoms with E-state index in [2.05, 4.69) is 79.4 Å². The number of unbranched alkanes of at least 4 members (excludes halogenated alkanes) is 34. The SMILES string of the molecule is CCCCCCCCCCCCCCCCCCCCCCOc1ccc(/C=C/c2cc[n+](CCCCCCCCCCCCCCCCCC)cc2)cc1.[Br-]. The van der Waals surface area contributed by atoms with Crippen molar-refractivity contribution < 1.29 is 26.3 Å². The van der Waals surface area contributed by atoms with E-state index in [0.29, 0.717) is 0 Å². The number of rotatable bonds is 41. The number of hydrogen-bond donors (Lipinski definition) is 0. The van der Waals surface area contributed by atoms with Crippen LogP contribution in [0.2, 0.25) is 0 Å². The van der Waals surface area contributed by atoms with Crippen LogP contribution in [0.3, 0.4) is 0 Å². The van der Waals surface area contributed by atoms with Crippen molar-refractivity contribution in [2.45, 2.75) is 252 Å². The lowest BCUT2D eigenvalue weighted by atomic mass is 10.0. The van der Waals surface area contributed by atoms with Crippen LogP contribution in [0.25, 0.3) is 12.2 Å². The lowest BCUT2D eigenvalue weighted by Gasteiger charge is -2.07. The largest absolute Gasteiger partial charge is 1.00 e. The smallest absolute Gasteiger partial charge is 0.169 e. The zero-order valence-corrected chi connectivity index (χ0v) is 39.0. The fourth-order valence-corrected chi connectivity index (χ4v) is 7.99. The zero-order chi connectivity index (χ0) is 39.0. The number of benzene rings is 1. The van der Waals surface area contributed by atoms with Gasteiger partial charge in [-0.15, -0.1) is 0 Å². The second-order valence-corrected chi connectivity index (χ2v) is 17.1. The van der Waals surface area contributed by atoms with E-state index in [-0.39, 0.29) is 17.0 Å². The molecule has 0 aliphatic carbocycles. The molecule has 56 heavy (non-hydrogen) atoms. The normalized spacial score (nSPS) is 11.4. The van der Waals surface area contributed by atoms with Gasteiger partial charge in [0.15, 0.2) is 12.4 Å². The van der Waals surface area contributed by atoms with E-state index in [4.69, 9.17) is 4.74 Å². The molecule has 0 unspecified atom stereocenters. The second kappa shape index (κ2) is 41.5. The molecular formula is C53H92BrNO. The van der Waals surface area contributed by atoms with Gasteiger partial charge in [0, 0.05) is 18.6 Å². The molecule has 0 N–H and O–H groups in total. The molecule has 0 saturated heterocycles. The van der Waals surface area contributed by atoms with Crippen molar-refractivity contribution in [2.24, 2.45) is 0 Å². The molecule has 0 aliphatic rings. The van der Waals surface area contributed by atoms with Crippen molar-refractivity contribution in [3.63, 3.8) is 0 Å². The third kappa shape index (κ3) is 33.4. The monoisotopic (exact) mass is 838 g/mol. The van der Waals surface area contributed by atoms with Gasteiger partial charge in [-0.3, -0.25) is 0 Å². The molecule has 0 radical (unpaired) electrons. The molecule has 1 aromatic heterocycles. The van der Waals surface area contributed by atoms with E-state index in [9.17, 15) is 0 Å². The lowest BCUT2D eigenvalue weighted by molar-refractivity contribution is -0.697. The van der Waals surface area contributed by atoms with Gasteiger partial charge in [0.25, 0.3) is 0 Å². The van der Waals surface area contributed by atoms with Crippen molar-refractivity contribution in [3.8, 4) is 5.75 Å². The summed E-state index contributed by atoms with van der Waals surface area (Å²) in [5, 5.41) is 0. The van der Waals surface area contributed by atoms with E-state index >= 15 is 0 Å². The van der Waals surface area contributed by atoms with Gasteiger partial charge in [0.1, 0.15) is 12.3 Å². The van der Waals surface area contributed by atoms with Crippen LogP contribution in [-0.2, 0) is 6.54 Å². The summed E-state index contributed by atoms with van der Waals surface area (Å²) in [6.45, 7) is 6.57. The molecule has 0 bridgehead atoms. The first kappa shape index (κ1) is 52.4. The van der Waals surface area contributed by atoms with Gasteiger partial charge in [-0.2, -0.15) is 0 Å². The summed E-state index contributed by atoms with van der Waals surface area (Å²) in [5.41, 5.74) is 2.47. The average molecular weight is 839 g/mol. The van der Waals surface area contributed by atoms with Crippen LogP contribution in [0.1, 0.15) is 256 Å². The standard InChI is InChI=1S/C53H92NO.BrH/c1-3-5-7-9-11-13-15-17-19-21-22-23-24-26-28-30-32-34-36-38-50-55-53-43-41-51(42-44-53)39-40-52-45-48-54(49-46-52)47-37-35-33-31-29-27-25-20-18-16-14-12-10-8-6-4-2;/h39-46,48-49H,3-38,47,50H2,1-2H3;1H/q+1;/p-1/b40-39+;. The Bertz CT molecular complexity index is 1080. The highest BCUT2D eigenvalue weighted by Crippen LogP contribution is 2.18. The molecule has 2 aromatic rings. The lowest BCUT2D eigenvalue weighted by Crippen LogP contribution is -3.00. The summed E-state index contributed by atoms with van der Waals surface area (Å²) >= 11 is 0. The van der Waals surface area contributed by atoms with E-state index in [1.54, 1.807) is 0 Å². The Morgan fingerprint density at radius 2 is 0.643 bits per heavy atom. The van der Waals surface area contributed by atoms with E-state index in [0.717, 1.165) is 25.3 Å². The van der Waals surface area contributed by atoms with Gasteiger partial charge in [-0.25, -0.2) is 4.57 Å². The summed E-state index contributed by atoms with van der Waals surface area (Å²) in [4.78, 5) is 0. The summed E-state index contributed by atoms with van der Waals surface area (Å²) in [7, 11) is 0. The molecule has 0 aliphatic heterocycles. The second-order valence-electron chi connectivity index (χ2n) is 17.1. The van der Waals surface area contributed by atoms with Crippen LogP contribution in [0, 0.1) is 0 Å². The van der Waals surface area contributed by atoms with E-state index in [1.807, 2.05) is 0 Å². The fourth-order valence-electron chi connectivity index (χ4n) is 7.99. The summed E-state index contributed by atoms with van der Waals surface area (Å²) in [6.07, 6.45) is 60.0. The summed E-state index contributed by atoms with van der Waals surface area (Å²) in [5.74, 6) is 0.991. The third-order valence-corrected chi connectivity index (χ3v) is 11.8. The van der Waals surface area contributed by atoms with Crippen LogP contribution in [0.15, 0.2) is 48.8 Å². The fraction of sp³-hybridized carbons (Fsp3) is 0.755. The van der Waals surface area contributed by atoms with Gasteiger partial charge in [-0.05, 0) is 36.1 Å². The molecule has 2 nitrogen and oxygen atoms in total. The molecule has 0 spiro atoms. The molecule has 0 fully saturated rings. The first-order valence-corrected chi connectivity index (χ1v) is 24.7. The molecular weight excluding hydrogens is 746 g/mol. The topological polar surface area (TPSA) is 13.1 Å². The van der Waals surface area contributed by atoms with Crippen molar-refractivity contribution in [2.75, 3.05) is 6.61 Å². The van der Waals surface area contributed by atoms with Gasteiger partial charge in [-0.1, -0.05) is 250 Å². The first-order chi connectivity index (χ1) is 27.3. The number of nitrogens with zero attached hydrogens (tertiary/aromatic N) is 1. The van der Waals surface area contributed by atoms with Crippen molar-refractivity contribution in [1.29, 1.82) is 0 Å². The molecule has 0 saturated carbocycles. The van der Waals surface area contributed by atoms with Crippen molar-refractivity contribution in [1.82, 2.24) is 0 Å². The Labute approximate surface area is 360 Å². The van der Waals surface area contributed by atoms with Gasteiger partial charge in [0.2, 0.25) is 0 Å². The Balaban J connectivity index is 0.0000157. The Hall–Kier alpha value is -1.61. The number of pyridine rings is 1. The number of hydrogen-bond acceptors (Lipinski definition) is 1. The highest BCUT2D eigenvalue weighted by Gasteiger charge is 2.02. The maximum atomic E-state index is 6.04. The third-order valence-electron chi connectivity index (χ3n) is 11.8. The highest BCUT2D eigenvalue weighted by atomic mass is 79.9. The Kier molecular flexibility index (Phi) is 38.9. The maximum Gasteiger partial charge on any atom is 0.169 e. The van der Waals surface area contributed by atoms with Gasteiger partial charge in [0.05, 0.1) is 6.61 Å². The molecule has 3 heteroatoms. The Morgan fingerprint density at radius 3 is 0.982 bits per heavy atom. The number of ether oxygens (including phenoxy) is 1. The molecule has 1 heterocycles. The van der Waals surface area contributed by atoms with E-state index < -0.39 is 0 Å². The molecule has 2 rings (SSSR count). The van der Waals surface area contributed by atoms with Crippen LogP contribution in [-0.4, -0.2) is 6.61 Å². The molecule has 0 atom stereocenters. The summed E-state index contributed by atoms with van der Waals surface area (Å²) in [6, 6.07) is 13.1. The first-order valence-electron chi connectivity index (χ1n) is 24.7. The predicted molar refractivity (Wildman–Crippen MR) is 245 cm³/mol. The van der Waals surface area contributed by atoms with Gasteiger partial charge >= 0.3 is 0 Å². The predicted octanol–water partition coefficient (Wildman–Crippen LogP) is 14.6. The van der Waals surface area contributed by atoms with Crippen LogP contribution >= 0.6 is 0 Å². The highest BCUT2D eigenvalue weighted by molar-refractivity contribution is 5.69. The number of halogens is 1. The van der Waals surface area contributed by atoms with Crippen molar-refractivity contribution in [3.05, 3.63) is 59.9 Å². The molecule has 1 aromatic carbocycles. The minimum atomic E-state index is 0. The minimum Gasteiger partial charge on any atom is -1.00 e. The Morgan fingerprint density at radius 1 is 0.357 bits per heavy atom. The van der Waals surface area contributed by atoms with Gasteiger partial charge < -0.3 is 21.7 Å². The quantitative estimate of drug-likeness (QED) is 0.0480. The average Bonchev–Trinajstić information content (AvgIpc) is 3.21. The van der Waals surface area contributed by atoms with Crippen LogP contribution < -0.4 is 26.3 Å². The number of aromatic nitrogens is 1. The molecule has 0 amide bonds. The van der Waals surface area contributed by atoms with E-state index in [1.165, 1.54) is 236 Å². The van der Waals surface area contributed by atoms with Crippen LogP contribution in [0.4, 0.5) is 0 Å². The summed E-state index contributed by atoms with van der Waals surface area (Å²) < 4.78 is 8.38.